The maximum Gasteiger partial charge on any atom is 0.308 e. The summed E-state index contributed by atoms with van der Waals surface area (Å²) in [4.78, 5) is 21.6. The highest BCUT2D eigenvalue weighted by Crippen LogP contribution is 2.31. The van der Waals surface area contributed by atoms with Crippen molar-refractivity contribution >= 4 is 5.97 Å². The zero-order valence-electron chi connectivity index (χ0n) is 10.1. The van der Waals surface area contributed by atoms with E-state index in [1.165, 1.54) is 0 Å². The van der Waals surface area contributed by atoms with E-state index in [2.05, 4.69) is 14.9 Å². The van der Waals surface area contributed by atoms with Crippen LogP contribution in [0.1, 0.15) is 32.0 Å². The van der Waals surface area contributed by atoms with Crippen molar-refractivity contribution in [1.82, 2.24) is 14.9 Å². The molecule has 1 N–H and O–H groups in total. The molecule has 0 aromatic carbocycles. The molecule has 2 heterocycles. The van der Waals surface area contributed by atoms with Crippen LogP contribution in [0.25, 0.3) is 0 Å². The summed E-state index contributed by atoms with van der Waals surface area (Å²) in [7, 11) is 0. The topological polar surface area (TPSA) is 66.3 Å². The summed E-state index contributed by atoms with van der Waals surface area (Å²) in [5.41, 5.74) is 0.894. The molecule has 1 fully saturated rings. The van der Waals surface area contributed by atoms with Crippen molar-refractivity contribution in [3.8, 4) is 0 Å². The van der Waals surface area contributed by atoms with Crippen molar-refractivity contribution in [3.63, 3.8) is 0 Å². The Morgan fingerprint density at radius 3 is 2.88 bits per heavy atom. The van der Waals surface area contributed by atoms with Crippen LogP contribution in [0.4, 0.5) is 0 Å². The number of carboxylic acid groups (broad SMARTS) is 1. The van der Waals surface area contributed by atoms with E-state index in [4.69, 9.17) is 5.11 Å². The number of likely N-dealkylation sites (tertiary alicyclic amines) is 1. The van der Waals surface area contributed by atoms with Crippen molar-refractivity contribution in [2.45, 2.75) is 32.4 Å². The highest BCUT2D eigenvalue weighted by Gasteiger charge is 2.38. The van der Waals surface area contributed by atoms with Crippen LogP contribution in [0.5, 0.6) is 0 Å². The highest BCUT2D eigenvalue weighted by molar-refractivity contribution is 5.71. The van der Waals surface area contributed by atoms with Gasteiger partial charge in [-0.15, -0.1) is 0 Å². The van der Waals surface area contributed by atoms with E-state index in [1.807, 2.05) is 13.8 Å². The van der Waals surface area contributed by atoms with E-state index in [0.29, 0.717) is 6.42 Å². The molecule has 3 atom stereocenters. The van der Waals surface area contributed by atoms with Gasteiger partial charge in [0.2, 0.25) is 0 Å². The SMILES string of the molecule is CC(c1cnccn1)N1CCC(C(=O)O)C1C. The first-order valence-electron chi connectivity index (χ1n) is 5.85. The van der Waals surface area contributed by atoms with Gasteiger partial charge in [-0.25, -0.2) is 0 Å². The van der Waals surface area contributed by atoms with Gasteiger partial charge in [0.1, 0.15) is 0 Å². The zero-order chi connectivity index (χ0) is 12.4. The molecule has 5 nitrogen and oxygen atoms in total. The van der Waals surface area contributed by atoms with Gasteiger partial charge in [-0.05, 0) is 26.8 Å². The monoisotopic (exact) mass is 235 g/mol. The predicted molar refractivity (Wildman–Crippen MR) is 62.4 cm³/mol. The summed E-state index contributed by atoms with van der Waals surface area (Å²) in [5.74, 6) is -0.972. The molecule has 1 aromatic heterocycles. The van der Waals surface area contributed by atoms with Gasteiger partial charge in [0.15, 0.2) is 0 Å². The van der Waals surface area contributed by atoms with Crippen molar-refractivity contribution in [2.75, 3.05) is 6.54 Å². The normalized spacial score (nSPS) is 26.9. The molecule has 1 aliphatic heterocycles. The molecular weight excluding hydrogens is 218 g/mol. The largest absolute Gasteiger partial charge is 0.481 e. The molecule has 3 unspecified atom stereocenters. The van der Waals surface area contributed by atoms with Gasteiger partial charge in [-0.3, -0.25) is 19.7 Å². The molecule has 1 aliphatic rings. The Hall–Kier alpha value is -1.49. The maximum atomic E-state index is 11.1. The van der Waals surface area contributed by atoms with Gasteiger partial charge in [-0.2, -0.15) is 0 Å². The molecule has 0 saturated carbocycles. The molecule has 92 valence electrons. The third-order valence-electron chi connectivity index (χ3n) is 3.63. The van der Waals surface area contributed by atoms with Gasteiger partial charge in [0.05, 0.1) is 17.7 Å². The number of nitrogens with zero attached hydrogens (tertiary/aromatic N) is 3. The second-order valence-electron chi connectivity index (χ2n) is 4.52. The van der Waals surface area contributed by atoms with Gasteiger partial charge in [0, 0.05) is 24.6 Å². The Labute approximate surface area is 100 Å². The fourth-order valence-electron chi connectivity index (χ4n) is 2.54. The van der Waals surface area contributed by atoms with Crippen molar-refractivity contribution in [3.05, 3.63) is 24.3 Å². The van der Waals surface area contributed by atoms with E-state index in [9.17, 15) is 4.79 Å². The van der Waals surface area contributed by atoms with Crippen LogP contribution in [0.15, 0.2) is 18.6 Å². The average Bonchev–Trinajstić information content (AvgIpc) is 2.71. The number of aromatic nitrogens is 2. The summed E-state index contributed by atoms with van der Waals surface area (Å²) in [6.07, 6.45) is 5.76. The van der Waals surface area contributed by atoms with Crippen molar-refractivity contribution in [2.24, 2.45) is 5.92 Å². The molecule has 1 aromatic rings. The average molecular weight is 235 g/mol. The molecule has 17 heavy (non-hydrogen) atoms. The van der Waals surface area contributed by atoms with Gasteiger partial charge >= 0.3 is 5.97 Å². The standard InChI is InChI=1S/C12H17N3O2/c1-8-10(12(16)17)3-6-15(8)9(2)11-7-13-4-5-14-11/h4-5,7-10H,3,6H2,1-2H3,(H,16,17). The first-order chi connectivity index (χ1) is 8.11. The zero-order valence-corrected chi connectivity index (χ0v) is 10.1. The molecule has 0 spiro atoms. The van der Waals surface area contributed by atoms with Crippen LogP contribution in [0, 0.1) is 5.92 Å². The molecule has 5 heteroatoms. The third kappa shape index (κ3) is 2.29. The molecule has 0 bridgehead atoms. The summed E-state index contributed by atoms with van der Waals surface area (Å²) in [6, 6.07) is 0.160. The first kappa shape index (κ1) is 12.0. The summed E-state index contributed by atoms with van der Waals surface area (Å²) in [6.45, 7) is 4.82. The Kier molecular flexibility index (Phi) is 3.38. The fraction of sp³-hybridized carbons (Fsp3) is 0.583. The van der Waals surface area contributed by atoms with Crippen molar-refractivity contribution < 1.29 is 9.90 Å². The van der Waals surface area contributed by atoms with E-state index >= 15 is 0 Å². The van der Waals surface area contributed by atoms with Crippen LogP contribution in [0.2, 0.25) is 0 Å². The van der Waals surface area contributed by atoms with E-state index in [0.717, 1.165) is 12.2 Å². The lowest BCUT2D eigenvalue weighted by Gasteiger charge is -2.28. The third-order valence-corrected chi connectivity index (χ3v) is 3.63. The van der Waals surface area contributed by atoms with Crippen LogP contribution >= 0.6 is 0 Å². The summed E-state index contributed by atoms with van der Waals surface area (Å²) < 4.78 is 0. The molecule has 2 rings (SSSR count). The number of hydrogen-bond donors (Lipinski definition) is 1. The van der Waals surface area contributed by atoms with Crippen LogP contribution in [-0.4, -0.2) is 38.5 Å². The smallest absolute Gasteiger partial charge is 0.308 e. The lowest BCUT2D eigenvalue weighted by Crippen LogP contribution is -2.35. The van der Waals surface area contributed by atoms with E-state index < -0.39 is 5.97 Å². The molecule has 0 aliphatic carbocycles. The van der Waals surface area contributed by atoms with E-state index in [1.54, 1.807) is 18.6 Å². The van der Waals surface area contributed by atoms with Gasteiger partial charge in [-0.1, -0.05) is 0 Å². The van der Waals surface area contributed by atoms with Crippen LogP contribution < -0.4 is 0 Å². The lowest BCUT2D eigenvalue weighted by atomic mass is 10.0. The fourth-order valence-corrected chi connectivity index (χ4v) is 2.54. The number of carbonyl (C=O) groups is 1. The van der Waals surface area contributed by atoms with Gasteiger partial charge in [0.25, 0.3) is 0 Å². The number of carboxylic acids is 1. The first-order valence-corrected chi connectivity index (χ1v) is 5.85. The minimum absolute atomic E-state index is 0.0458. The highest BCUT2D eigenvalue weighted by atomic mass is 16.4. The minimum atomic E-state index is -0.702. The Morgan fingerprint density at radius 2 is 2.35 bits per heavy atom. The van der Waals surface area contributed by atoms with Crippen molar-refractivity contribution in [1.29, 1.82) is 0 Å². The maximum absolute atomic E-state index is 11.1. The van der Waals surface area contributed by atoms with Crippen LogP contribution in [-0.2, 0) is 4.79 Å². The number of aliphatic carboxylic acids is 1. The Balaban J connectivity index is 2.12. The molecule has 0 amide bonds. The second-order valence-corrected chi connectivity index (χ2v) is 4.52. The molecule has 1 saturated heterocycles. The molecular formula is C12H17N3O2. The minimum Gasteiger partial charge on any atom is -0.481 e. The number of hydrogen-bond acceptors (Lipinski definition) is 4. The number of rotatable bonds is 3. The quantitative estimate of drug-likeness (QED) is 0.856. The molecule has 0 radical (unpaired) electrons. The Bertz CT molecular complexity index is 396. The predicted octanol–water partition coefficient (Wildman–Crippen LogP) is 1.33. The lowest BCUT2D eigenvalue weighted by molar-refractivity contribution is -0.142. The van der Waals surface area contributed by atoms with E-state index in [-0.39, 0.29) is 18.0 Å². The second kappa shape index (κ2) is 4.79. The summed E-state index contributed by atoms with van der Waals surface area (Å²) in [5, 5.41) is 9.10. The van der Waals surface area contributed by atoms with Crippen LogP contribution in [0.3, 0.4) is 0 Å². The Morgan fingerprint density at radius 1 is 1.59 bits per heavy atom. The summed E-state index contributed by atoms with van der Waals surface area (Å²) >= 11 is 0. The van der Waals surface area contributed by atoms with Gasteiger partial charge < -0.3 is 5.11 Å².